The van der Waals surface area contributed by atoms with Crippen molar-refractivity contribution in [1.29, 1.82) is 0 Å². The van der Waals surface area contributed by atoms with Gasteiger partial charge in [-0.2, -0.15) is 13.2 Å². The highest BCUT2D eigenvalue weighted by atomic mass is 32.2. The Labute approximate surface area is 125 Å². The molecular formula is C13H17F3N2O2S. The lowest BCUT2D eigenvalue weighted by Crippen LogP contribution is -2.40. The number of rotatable bonds is 7. The van der Waals surface area contributed by atoms with E-state index in [2.05, 4.69) is 15.0 Å². The summed E-state index contributed by atoms with van der Waals surface area (Å²) in [6.45, 7) is 2.62. The van der Waals surface area contributed by atoms with Crippen molar-refractivity contribution in [3.05, 3.63) is 23.9 Å². The Balaban J connectivity index is 2.61. The minimum atomic E-state index is -4.40. The van der Waals surface area contributed by atoms with Gasteiger partial charge in [-0.3, -0.25) is 4.79 Å². The predicted molar refractivity (Wildman–Crippen MR) is 74.1 cm³/mol. The van der Waals surface area contributed by atoms with Crippen LogP contribution in [0.15, 0.2) is 23.4 Å². The van der Waals surface area contributed by atoms with Crippen LogP contribution in [0, 0.1) is 0 Å². The Hall–Kier alpha value is -1.28. The minimum absolute atomic E-state index is 0.338. The van der Waals surface area contributed by atoms with Crippen molar-refractivity contribution in [3.8, 4) is 0 Å². The molecule has 1 atom stereocenters. The molecule has 0 amide bonds. The second kappa shape index (κ2) is 8.23. The lowest BCUT2D eigenvalue weighted by atomic mass is 10.3. The van der Waals surface area contributed by atoms with Crippen molar-refractivity contribution in [2.45, 2.75) is 30.6 Å². The van der Waals surface area contributed by atoms with Gasteiger partial charge in [-0.05, 0) is 25.1 Å². The molecule has 118 valence electrons. The Morgan fingerprint density at radius 2 is 2.19 bits per heavy atom. The first-order valence-electron chi connectivity index (χ1n) is 6.35. The van der Waals surface area contributed by atoms with E-state index >= 15 is 0 Å². The number of pyridine rings is 1. The number of methoxy groups -OCH3 is 1. The van der Waals surface area contributed by atoms with Gasteiger partial charge in [0.2, 0.25) is 0 Å². The van der Waals surface area contributed by atoms with E-state index in [-0.39, 0.29) is 0 Å². The second-order valence-electron chi connectivity index (χ2n) is 4.22. The summed E-state index contributed by atoms with van der Waals surface area (Å²) in [4.78, 5) is 15.3. The van der Waals surface area contributed by atoms with E-state index in [4.69, 9.17) is 0 Å². The number of carbonyl (C=O) groups is 1. The molecule has 0 saturated carbocycles. The number of hydrogen-bond donors (Lipinski definition) is 1. The van der Waals surface area contributed by atoms with Crippen LogP contribution in [0.3, 0.4) is 0 Å². The molecule has 0 bridgehead atoms. The summed E-state index contributed by atoms with van der Waals surface area (Å²) in [6, 6.07) is 1.76. The Morgan fingerprint density at radius 1 is 1.48 bits per heavy atom. The molecular weight excluding hydrogens is 305 g/mol. The zero-order valence-electron chi connectivity index (χ0n) is 11.7. The van der Waals surface area contributed by atoms with Gasteiger partial charge >= 0.3 is 12.1 Å². The number of ether oxygens (including phenoxy) is 1. The molecule has 0 saturated heterocycles. The fourth-order valence-corrected chi connectivity index (χ4v) is 2.36. The van der Waals surface area contributed by atoms with Crippen LogP contribution in [-0.4, -0.2) is 36.4 Å². The molecule has 1 heterocycles. The van der Waals surface area contributed by atoms with E-state index in [0.717, 1.165) is 18.7 Å². The van der Waals surface area contributed by atoms with Crippen LogP contribution in [0.25, 0.3) is 0 Å². The largest absolute Gasteiger partial charge is 0.468 e. The average Bonchev–Trinajstić information content (AvgIpc) is 2.46. The number of thioether (sulfide) groups is 1. The summed E-state index contributed by atoms with van der Waals surface area (Å²) in [5.74, 6) is -0.0618. The maximum absolute atomic E-state index is 12.4. The predicted octanol–water partition coefficient (Wildman–Crippen LogP) is 2.73. The van der Waals surface area contributed by atoms with Gasteiger partial charge in [0.05, 0.1) is 17.7 Å². The number of alkyl halides is 3. The van der Waals surface area contributed by atoms with Crippen LogP contribution < -0.4 is 5.32 Å². The van der Waals surface area contributed by atoms with Gasteiger partial charge in [0.25, 0.3) is 0 Å². The van der Waals surface area contributed by atoms with Crippen LogP contribution >= 0.6 is 11.8 Å². The average molecular weight is 322 g/mol. The summed E-state index contributed by atoms with van der Waals surface area (Å²) >= 11 is 1.20. The molecule has 0 aliphatic carbocycles. The van der Waals surface area contributed by atoms with Gasteiger partial charge in [0.15, 0.2) is 0 Å². The normalized spacial score (nSPS) is 13.0. The van der Waals surface area contributed by atoms with Crippen LogP contribution in [0.5, 0.6) is 0 Å². The molecule has 1 aromatic rings. The summed E-state index contributed by atoms with van der Waals surface area (Å²) in [7, 11) is 1.30. The number of nitrogens with one attached hydrogen (secondary N) is 1. The fourth-order valence-electron chi connectivity index (χ4n) is 1.47. The molecule has 0 radical (unpaired) electrons. The van der Waals surface area contributed by atoms with Gasteiger partial charge in [-0.15, -0.1) is 11.8 Å². The highest BCUT2D eigenvalue weighted by Gasteiger charge is 2.30. The molecule has 8 heteroatoms. The first kappa shape index (κ1) is 17.8. The van der Waals surface area contributed by atoms with Crippen LogP contribution in [0.4, 0.5) is 13.2 Å². The number of hydrogen-bond acceptors (Lipinski definition) is 5. The third-order valence-electron chi connectivity index (χ3n) is 2.59. The van der Waals surface area contributed by atoms with E-state index in [1.165, 1.54) is 24.9 Å². The number of carbonyl (C=O) groups excluding carboxylic acids is 1. The molecule has 0 spiro atoms. The molecule has 0 aromatic carbocycles. The lowest BCUT2D eigenvalue weighted by molar-refractivity contribution is -0.142. The van der Waals surface area contributed by atoms with E-state index in [1.807, 2.05) is 6.92 Å². The number of halogens is 3. The van der Waals surface area contributed by atoms with Crippen LogP contribution in [-0.2, 0) is 15.7 Å². The van der Waals surface area contributed by atoms with Crippen LogP contribution in [0.1, 0.15) is 18.9 Å². The van der Waals surface area contributed by atoms with Gasteiger partial charge in [-0.1, -0.05) is 6.92 Å². The Morgan fingerprint density at radius 3 is 2.67 bits per heavy atom. The maximum atomic E-state index is 12.4. The quantitative estimate of drug-likeness (QED) is 0.618. The minimum Gasteiger partial charge on any atom is -0.468 e. The van der Waals surface area contributed by atoms with Gasteiger partial charge in [0, 0.05) is 11.9 Å². The highest BCUT2D eigenvalue weighted by Crippen LogP contribution is 2.29. The summed E-state index contributed by atoms with van der Waals surface area (Å²) in [6.07, 6.45) is -2.75. The fraction of sp³-hybridized carbons (Fsp3) is 0.538. The lowest BCUT2D eigenvalue weighted by Gasteiger charge is -2.15. The number of esters is 1. The van der Waals surface area contributed by atoms with Crippen molar-refractivity contribution >= 4 is 17.7 Å². The van der Waals surface area contributed by atoms with Gasteiger partial charge in [0.1, 0.15) is 6.04 Å². The van der Waals surface area contributed by atoms with E-state index < -0.39 is 23.8 Å². The highest BCUT2D eigenvalue weighted by molar-refractivity contribution is 7.99. The van der Waals surface area contributed by atoms with Gasteiger partial charge < -0.3 is 10.1 Å². The number of nitrogens with zero attached hydrogens (tertiary/aromatic N) is 1. The summed E-state index contributed by atoms with van der Waals surface area (Å²) < 4.78 is 41.9. The van der Waals surface area contributed by atoms with Crippen molar-refractivity contribution < 1.29 is 22.7 Å². The Kier molecular flexibility index (Phi) is 6.97. The third-order valence-corrected chi connectivity index (χ3v) is 3.63. The first-order valence-corrected chi connectivity index (χ1v) is 7.34. The molecule has 1 unspecified atom stereocenters. The van der Waals surface area contributed by atoms with Crippen molar-refractivity contribution in [1.82, 2.24) is 10.3 Å². The van der Waals surface area contributed by atoms with Crippen molar-refractivity contribution in [2.24, 2.45) is 0 Å². The molecule has 0 aliphatic heterocycles. The zero-order chi connectivity index (χ0) is 15.9. The molecule has 1 aromatic heterocycles. The van der Waals surface area contributed by atoms with E-state index in [1.54, 1.807) is 0 Å². The third kappa shape index (κ3) is 5.92. The molecule has 0 aliphatic rings. The standard InChI is InChI=1S/C13H17F3N2O2S/c1-3-6-17-10(12(19)20-2)8-21-11-5-4-9(7-18-11)13(14,15)16/h4-5,7,10,17H,3,6,8H2,1-2H3. The molecule has 1 rings (SSSR count). The number of aromatic nitrogens is 1. The molecule has 4 nitrogen and oxygen atoms in total. The first-order chi connectivity index (χ1) is 9.88. The maximum Gasteiger partial charge on any atom is 0.417 e. The smallest absolute Gasteiger partial charge is 0.417 e. The molecule has 21 heavy (non-hydrogen) atoms. The SMILES string of the molecule is CCCNC(CSc1ccc(C(F)(F)F)cn1)C(=O)OC. The molecule has 1 N–H and O–H groups in total. The van der Waals surface area contributed by atoms with E-state index in [9.17, 15) is 18.0 Å². The Bertz CT molecular complexity index is 452. The van der Waals surface area contributed by atoms with E-state index in [0.29, 0.717) is 17.3 Å². The summed E-state index contributed by atoms with van der Waals surface area (Å²) in [5, 5.41) is 3.45. The zero-order valence-corrected chi connectivity index (χ0v) is 12.6. The second-order valence-corrected chi connectivity index (χ2v) is 5.26. The topological polar surface area (TPSA) is 51.2 Å². The van der Waals surface area contributed by atoms with Crippen molar-refractivity contribution in [3.63, 3.8) is 0 Å². The summed E-state index contributed by atoms with van der Waals surface area (Å²) in [5.41, 5.74) is -0.791. The molecule has 0 fully saturated rings. The van der Waals surface area contributed by atoms with Crippen molar-refractivity contribution in [2.75, 3.05) is 19.4 Å². The van der Waals surface area contributed by atoms with Crippen LogP contribution in [0.2, 0.25) is 0 Å². The monoisotopic (exact) mass is 322 g/mol. The van der Waals surface area contributed by atoms with Gasteiger partial charge in [-0.25, -0.2) is 4.98 Å².